The van der Waals surface area contributed by atoms with Crippen LogP contribution in [0.1, 0.15) is 0 Å². The Bertz CT molecular complexity index is 735. The summed E-state index contributed by atoms with van der Waals surface area (Å²) in [5, 5.41) is 0.911. The first-order chi connectivity index (χ1) is 8.25. The number of benzene rings is 1. The van der Waals surface area contributed by atoms with E-state index < -0.39 is 0 Å². The normalized spacial score (nSPS) is 10.9. The van der Waals surface area contributed by atoms with Crippen molar-refractivity contribution in [3.63, 3.8) is 0 Å². The zero-order valence-corrected chi connectivity index (χ0v) is 11.0. The van der Waals surface area contributed by atoms with E-state index in [0.29, 0.717) is 10.6 Å². The number of halogens is 1. The average molecular weight is 310 g/mol. The van der Waals surface area contributed by atoms with Gasteiger partial charge in [0.1, 0.15) is 0 Å². The van der Waals surface area contributed by atoms with Crippen LogP contribution in [0.5, 0.6) is 0 Å². The molecule has 0 saturated carbocycles. The van der Waals surface area contributed by atoms with E-state index >= 15 is 0 Å². The maximum absolute atomic E-state index is 13.1. The van der Waals surface area contributed by atoms with Crippen LogP contribution in [0.3, 0.4) is 0 Å². The van der Waals surface area contributed by atoms with E-state index in [-0.39, 0.29) is 20.5 Å². The van der Waals surface area contributed by atoms with Crippen LogP contribution in [0.2, 0.25) is 0 Å². The molecular formula is C11H6FN3SSe. The predicted molar refractivity (Wildman–Crippen MR) is 66.6 cm³/mol. The number of hydrogen-bond acceptors (Lipinski definition) is 3. The van der Waals surface area contributed by atoms with Gasteiger partial charge in [-0.05, 0) is 0 Å². The van der Waals surface area contributed by atoms with Crippen LogP contribution in [0.15, 0.2) is 36.7 Å². The van der Waals surface area contributed by atoms with Gasteiger partial charge < -0.3 is 0 Å². The van der Waals surface area contributed by atoms with Crippen LogP contribution >= 0.6 is 12.2 Å². The van der Waals surface area contributed by atoms with E-state index in [0.717, 1.165) is 9.65 Å². The molecule has 3 aromatic rings. The van der Waals surface area contributed by atoms with Crippen molar-refractivity contribution in [3.8, 4) is 5.95 Å². The Labute approximate surface area is 108 Å². The summed E-state index contributed by atoms with van der Waals surface area (Å²) < 4.78 is 16.6. The molecule has 0 unspecified atom stereocenters. The summed E-state index contributed by atoms with van der Waals surface area (Å²) >= 11 is 5.27. The molecule has 0 fully saturated rings. The van der Waals surface area contributed by atoms with Gasteiger partial charge in [0.2, 0.25) is 0 Å². The fraction of sp³-hybridized carbons (Fsp3) is 0. The summed E-state index contributed by atoms with van der Waals surface area (Å²) in [5.74, 6) is 0.346. The van der Waals surface area contributed by atoms with Crippen LogP contribution in [0.4, 0.5) is 4.39 Å². The second kappa shape index (κ2) is 4.14. The standard InChI is InChI=1S/C11H6FN3SSe/c12-7-2-3-8-9(6-7)17-15(10(8)16)11-13-4-1-5-14-11/h1-6H. The summed E-state index contributed by atoms with van der Waals surface area (Å²) in [6.45, 7) is 0. The zero-order valence-electron chi connectivity index (χ0n) is 8.50. The molecule has 1 aromatic carbocycles. The van der Waals surface area contributed by atoms with Crippen molar-refractivity contribution in [3.05, 3.63) is 47.1 Å². The summed E-state index contributed by atoms with van der Waals surface area (Å²) in [7, 11) is 0. The minimum atomic E-state index is -0.232. The minimum absolute atomic E-state index is 0.0874. The van der Waals surface area contributed by atoms with E-state index in [1.807, 2.05) is 3.56 Å². The number of fused-ring (bicyclic) bond motifs is 1. The first-order valence-corrected chi connectivity index (χ1v) is 6.88. The SMILES string of the molecule is Fc1ccc2c(=S)n(-c3ncccn3)[se]c2c1. The summed E-state index contributed by atoms with van der Waals surface area (Å²) in [5.41, 5.74) is 0. The first-order valence-electron chi connectivity index (χ1n) is 4.85. The van der Waals surface area contributed by atoms with Crippen LogP contribution in [-0.2, 0) is 0 Å². The van der Waals surface area contributed by atoms with Gasteiger partial charge >= 0.3 is 108 Å². The van der Waals surface area contributed by atoms with E-state index in [1.54, 1.807) is 24.5 Å². The van der Waals surface area contributed by atoms with E-state index in [9.17, 15) is 4.39 Å². The van der Waals surface area contributed by atoms with Crippen molar-refractivity contribution in [2.75, 3.05) is 0 Å². The van der Waals surface area contributed by atoms with E-state index in [1.165, 1.54) is 12.1 Å². The molecule has 2 aromatic heterocycles. The predicted octanol–water partition coefficient (Wildman–Crippen LogP) is 2.35. The third-order valence-electron chi connectivity index (χ3n) is 2.28. The van der Waals surface area contributed by atoms with Gasteiger partial charge in [0.25, 0.3) is 0 Å². The Kier molecular flexibility index (Phi) is 2.63. The second-order valence-electron chi connectivity index (χ2n) is 3.38. The van der Waals surface area contributed by atoms with Crippen molar-refractivity contribution in [1.82, 2.24) is 13.5 Å². The number of nitrogens with zero attached hydrogens (tertiary/aromatic N) is 3. The summed E-state index contributed by atoms with van der Waals surface area (Å²) in [6, 6.07) is 6.43. The zero-order chi connectivity index (χ0) is 11.8. The summed E-state index contributed by atoms with van der Waals surface area (Å²) in [4.78, 5) is 8.33. The first kappa shape index (κ1) is 10.8. The molecule has 0 spiro atoms. The van der Waals surface area contributed by atoms with Crippen molar-refractivity contribution < 1.29 is 4.39 Å². The Hall–Kier alpha value is -1.36. The van der Waals surface area contributed by atoms with Crippen LogP contribution in [0, 0.1) is 10.5 Å². The van der Waals surface area contributed by atoms with Crippen molar-refractivity contribution in [2.45, 2.75) is 0 Å². The van der Waals surface area contributed by atoms with Gasteiger partial charge in [0.05, 0.1) is 0 Å². The molecule has 0 aliphatic carbocycles. The topological polar surface area (TPSA) is 30.7 Å². The van der Waals surface area contributed by atoms with E-state index in [4.69, 9.17) is 12.2 Å². The summed E-state index contributed by atoms with van der Waals surface area (Å²) in [6.07, 6.45) is 3.34. The molecular weight excluding hydrogens is 304 g/mol. The Morgan fingerprint density at radius 3 is 2.76 bits per heavy atom. The molecule has 0 radical (unpaired) electrons. The molecule has 2 heterocycles. The van der Waals surface area contributed by atoms with Crippen LogP contribution in [0.25, 0.3) is 15.6 Å². The van der Waals surface area contributed by atoms with Crippen LogP contribution in [-0.4, -0.2) is 28.3 Å². The molecule has 3 rings (SSSR count). The molecule has 0 amide bonds. The van der Waals surface area contributed by atoms with Gasteiger partial charge in [0.15, 0.2) is 0 Å². The van der Waals surface area contributed by atoms with Crippen molar-refractivity contribution >= 4 is 36.6 Å². The fourth-order valence-electron chi connectivity index (χ4n) is 1.53. The Morgan fingerprint density at radius 2 is 2.00 bits per heavy atom. The van der Waals surface area contributed by atoms with Gasteiger partial charge in [-0.2, -0.15) is 0 Å². The third-order valence-corrected chi connectivity index (χ3v) is 5.18. The van der Waals surface area contributed by atoms with Gasteiger partial charge in [-0.15, -0.1) is 0 Å². The third kappa shape index (κ3) is 1.84. The molecule has 0 aliphatic heterocycles. The molecule has 0 bridgehead atoms. The fourth-order valence-corrected chi connectivity index (χ4v) is 4.19. The molecule has 17 heavy (non-hydrogen) atoms. The average Bonchev–Trinajstić information content (AvgIpc) is 2.67. The van der Waals surface area contributed by atoms with Gasteiger partial charge in [0, 0.05) is 0 Å². The quantitative estimate of drug-likeness (QED) is 0.511. The van der Waals surface area contributed by atoms with Gasteiger partial charge in [-0.1, -0.05) is 0 Å². The molecule has 0 aliphatic rings. The number of rotatable bonds is 1. The van der Waals surface area contributed by atoms with Crippen molar-refractivity contribution in [2.24, 2.45) is 0 Å². The van der Waals surface area contributed by atoms with Gasteiger partial charge in [-0.25, -0.2) is 0 Å². The molecule has 0 saturated heterocycles. The van der Waals surface area contributed by atoms with E-state index in [2.05, 4.69) is 9.97 Å². The van der Waals surface area contributed by atoms with Gasteiger partial charge in [-0.3, -0.25) is 0 Å². The van der Waals surface area contributed by atoms with Crippen molar-refractivity contribution in [1.29, 1.82) is 0 Å². The Balaban J connectivity index is 2.32. The number of aromatic nitrogens is 3. The second-order valence-corrected chi connectivity index (χ2v) is 5.84. The monoisotopic (exact) mass is 311 g/mol. The molecule has 0 atom stereocenters. The molecule has 84 valence electrons. The maximum atomic E-state index is 13.1. The molecule has 3 nitrogen and oxygen atoms in total. The molecule has 6 heteroatoms. The Morgan fingerprint density at radius 1 is 1.24 bits per heavy atom. The molecule has 0 N–H and O–H groups in total. The van der Waals surface area contributed by atoms with Crippen LogP contribution < -0.4 is 0 Å². The number of hydrogen-bond donors (Lipinski definition) is 0.